The minimum absolute atomic E-state index is 0.196. The maximum Gasteiger partial charge on any atom is 0.213 e. The Morgan fingerprint density at radius 2 is 1.92 bits per heavy atom. The molecule has 9 nitrogen and oxygen atoms in total. The lowest BCUT2D eigenvalue weighted by atomic mass is 10.0. The smallest absolute Gasteiger partial charge is 0.213 e. The van der Waals surface area contributed by atoms with Crippen molar-refractivity contribution in [3.63, 3.8) is 0 Å². The van der Waals surface area contributed by atoms with Gasteiger partial charge in [0.15, 0.2) is 5.82 Å². The SMILES string of the molecule is CCC[C@@H](O)COc1ccc(Cl)c(-c2nc(-c3c(C)noc3C)c(C)c(N3Cc4ccc(OC)nc4C3)n2)c1. The van der Waals surface area contributed by atoms with E-state index in [0.29, 0.717) is 53.3 Å². The van der Waals surface area contributed by atoms with Crippen molar-refractivity contribution in [1.82, 2.24) is 20.1 Å². The predicted molar refractivity (Wildman–Crippen MR) is 149 cm³/mol. The highest BCUT2D eigenvalue weighted by molar-refractivity contribution is 6.33. The van der Waals surface area contributed by atoms with E-state index in [1.54, 1.807) is 19.2 Å². The summed E-state index contributed by atoms with van der Waals surface area (Å²) < 4.78 is 16.7. The van der Waals surface area contributed by atoms with E-state index in [9.17, 15) is 5.11 Å². The number of aliphatic hydroxyl groups excluding tert-OH is 1. The van der Waals surface area contributed by atoms with Gasteiger partial charge in [-0.15, -0.1) is 0 Å². The molecule has 1 aliphatic rings. The molecule has 0 bridgehead atoms. The largest absolute Gasteiger partial charge is 0.491 e. The summed E-state index contributed by atoms with van der Waals surface area (Å²) in [6.07, 6.45) is 1.01. The van der Waals surface area contributed by atoms with Gasteiger partial charge in [-0.2, -0.15) is 0 Å². The fourth-order valence-corrected chi connectivity index (χ4v) is 5.07. The van der Waals surface area contributed by atoms with Gasteiger partial charge in [0.2, 0.25) is 5.88 Å². The molecule has 0 saturated carbocycles. The highest BCUT2D eigenvalue weighted by Crippen LogP contribution is 2.39. The number of anilines is 1. The molecular weight excluding hydrogens is 518 g/mol. The molecule has 1 N–H and O–H groups in total. The van der Waals surface area contributed by atoms with E-state index in [-0.39, 0.29) is 6.61 Å². The maximum atomic E-state index is 10.1. The first kappa shape index (κ1) is 26.9. The molecule has 1 aromatic carbocycles. The van der Waals surface area contributed by atoms with Crippen LogP contribution in [0.25, 0.3) is 22.6 Å². The lowest BCUT2D eigenvalue weighted by molar-refractivity contribution is 0.0994. The van der Waals surface area contributed by atoms with Crippen molar-refractivity contribution in [2.75, 3.05) is 18.6 Å². The van der Waals surface area contributed by atoms with E-state index in [2.05, 4.69) is 15.0 Å². The Bertz CT molecular complexity index is 1490. The van der Waals surface area contributed by atoms with Gasteiger partial charge in [-0.05, 0) is 57.0 Å². The first-order valence-electron chi connectivity index (χ1n) is 13.0. The number of aromatic nitrogens is 4. The zero-order valence-corrected chi connectivity index (χ0v) is 23.5. The minimum atomic E-state index is -0.536. The molecule has 0 fully saturated rings. The number of methoxy groups -OCH3 is 1. The molecular formula is C29H32ClN5O4. The van der Waals surface area contributed by atoms with Gasteiger partial charge in [-0.25, -0.2) is 15.0 Å². The summed E-state index contributed by atoms with van der Waals surface area (Å²) in [7, 11) is 1.62. The number of ether oxygens (including phenoxy) is 2. The standard InChI is InChI=1S/C29H32ClN5O4/c1-6-7-20(36)15-38-21-9-10-23(30)22(12-21)28-32-27(26-17(3)34-39-18(26)4)16(2)29(33-28)35-13-19-8-11-25(37-5)31-24(19)14-35/h8-12,20,36H,6-7,13-15H2,1-5H3/t20-/m1/s1. The number of pyridine rings is 1. The number of aryl methyl sites for hydroxylation is 2. The monoisotopic (exact) mass is 549 g/mol. The highest BCUT2D eigenvalue weighted by Gasteiger charge is 2.28. The number of hydrogen-bond acceptors (Lipinski definition) is 9. The fourth-order valence-electron chi connectivity index (χ4n) is 4.87. The number of aliphatic hydroxyl groups is 1. The van der Waals surface area contributed by atoms with Gasteiger partial charge in [-0.1, -0.05) is 30.1 Å². The van der Waals surface area contributed by atoms with Crippen LogP contribution < -0.4 is 14.4 Å². The van der Waals surface area contributed by atoms with Gasteiger partial charge < -0.3 is 24.0 Å². The van der Waals surface area contributed by atoms with Crippen LogP contribution in [0.4, 0.5) is 5.82 Å². The number of nitrogens with zero attached hydrogens (tertiary/aromatic N) is 5. The van der Waals surface area contributed by atoms with Crippen molar-refractivity contribution < 1.29 is 19.1 Å². The summed E-state index contributed by atoms with van der Waals surface area (Å²) in [5.41, 5.74) is 5.91. The molecule has 0 saturated heterocycles. The molecule has 4 heterocycles. The molecule has 4 aromatic rings. The van der Waals surface area contributed by atoms with Crippen molar-refractivity contribution in [3.05, 3.63) is 63.6 Å². The third-order valence-corrected chi connectivity index (χ3v) is 7.22. The van der Waals surface area contributed by atoms with Crippen molar-refractivity contribution in [3.8, 4) is 34.3 Å². The molecule has 1 aliphatic heterocycles. The number of fused-ring (bicyclic) bond motifs is 1. The first-order chi connectivity index (χ1) is 18.8. The van der Waals surface area contributed by atoms with Crippen molar-refractivity contribution in [2.24, 2.45) is 0 Å². The summed E-state index contributed by atoms with van der Waals surface area (Å²) >= 11 is 6.69. The fraction of sp³-hybridized carbons (Fsp3) is 0.379. The van der Waals surface area contributed by atoms with Crippen LogP contribution in [0.15, 0.2) is 34.9 Å². The zero-order chi connectivity index (χ0) is 27.7. The third-order valence-electron chi connectivity index (χ3n) is 6.89. The summed E-state index contributed by atoms with van der Waals surface area (Å²) in [6, 6.07) is 9.28. The molecule has 204 valence electrons. The minimum Gasteiger partial charge on any atom is -0.491 e. The lowest BCUT2D eigenvalue weighted by Crippen LogP contribution is -2.19. The van der Waals surface area contributed by atoms with E-state index in [0.717, 1.165) is 46.0 Å². The molecule has 10 heteroatoms. The van der Waals surface area contributed by atoms with Gasteiger partial charge in [-0.3, -0.25) is 0 Å². The Labute approximate surface area is 232 Å². The van der Waals surface area contributed by atoms with Gasteiger partial charge in [0.25, 0.3) is 0 Å². The van der Waals surface area contributed by atoms with Gasteiger partial charge >= 0.3 is 0 Å². The third kappa shape index (κ3) is 5.42. The average molecular weight is 550 g/mol. The van der Waals surface area contributed by atoms with Crippen molar-refractivity contribution in [2.45, 2.75) is 59.7 Å². The van der Waals surface area contributed by atoms with Crippen LogP contribution in [0.3, 0.4) is 0 Å². The molecule has 1 atom stereocenters. The maximum absolute atomic E-state index is 10.1. The van der Waals surface area contributed by atoms with E-state index in [1.165, 1.54) is 0 Å². The van der Waals surface area contributed by atoms with Crippen LogP contribution in [0.2, 0.25) is 5.02 Å². The Balaban J connectivity index is 1.59. The molecule has 0 spiro atoms. The van der Waals surface area contributed by atoms with Gasteiger partial charge in [0.1, 0.15) is 23.9 Å². The normalized spacial score (nSPS) is 13.5. The van der Waals surface area contributed by atoms with Crippen LogP contribution in [0.5, 0.6) is 11.6 Å². The molecule has 0 unspecified atom stereocenters. The highest BCUT2D eigenvalue weighted by atomic mass is 35.5. The second kappa shape index (κ2) is 11.2. The second-order valence-electron chi connectivity index (χ2n) is 9.75. The zero-order valence-electron chi connectivity index (χ0n) is 22.8. The van der Waals surface area contributed by atoms with Crippen LogP contribution in [0.1, 0.15) is 48.0 Å². The first-order valence-corrected chi connectivity index (χ1v) is 13.4. The predicted octanol–water partition coefficient (Wildman–Crippen LogP) is 5.84. The Kier molecular flexibility index (Phi) is 7.72. The second-order valence-corrected chi connectivity index (χ2v) is 10.2. The number of hydrogen-bond donors (Lipinski definition) is 1. The quantitative estimate of drug-likeness (QED) is 0.275. The topological polar surface area (TPSA) is 107 Å². The number of rotatable bonds is 9. The average Bonchev–Trinajstić information content (AvgIpc) is 3.50. The number of benzene rings is 1. The summed E-state index contributed by atoms with van der Waals surface area (Å²) in [5.74, 6) is 3.07. The van der Waals surface area contributed by atoms with E-state index in [1.807, 2.05) is 45.9 Å². The Hall–Kier alpha value is -3.69. The van der Waals surface area contributed by atoms with E-state index >= 15 is 0 Å². The van der Waals surface area contributed by atoms with Crippen LogP contribution in [0, 0.1) is 20.8 Å². The Morgan fingerprint density at radius 3 is 2.64 bits per heavy atom. The molecule has 0 aliphatic carbocycles. The molecule has 0 amide bonds. The molecule has 3 aromatic heterocycles. The Morgan fingerprint density at radius 1 is 1.10 bits per heavy atom. The summed E-state index contributed by atoms with van der Waals surface area (Å²) in [4.78, 5) is 16.8. The summed E-state index contributed by atoms with van der Waals surface area (Å²) in [5, 5.41) is 14.8. The van der Waals surface area contributed by atoms with Crippen molar-refractivity contribution >= 4 is 17.4 Å². The lowest BCUT2D eigenvalue weighted by Gasteiger charge is -2.22. The van der Waals surface area contributed by atoms with Crippen LogP contribution >= 0.6 is 11.6 Å². The molecule has 5 rings (SSSR count). The molecule has 39 heavy (non-hydrogen) atoms. The van der Waals surface area contributed by atoms with Gasteiger partial charge in [0, 0.05) is 23.7 Å². The van der Waals surface area contributed by atoms with Gasteiger partial charge in [0.05, 0.1) is 47.4 Å². The molecule has 0 radical (unpaired) electrons. The van der Waals surface area contributed by atoms with Crippen LogP contribution in [-0.2, 0) is 13.1 Å². The van der Waals surface area contributed by atoms with Crippen LogP contribution in [-0.4, -0.2) is 45.0 Å². The summed E-state index contributed by atoms with van der Waals surface area (Å²) in [6.45, 7) is 9.24. The number of halogens is 1. The van der Waals surface area contributed by atoms with E-state index in [4.69, 9.17) is 35.6 Å². The van der Waals surface area contributed by atoms with E-state index < -0.39 is 6.10 Å². The van der Waals surface area contributed by atoms with Crippen molar-refractivity contribution in [1.29, 1.82) is 0 Å².